The van der Waals surface area contributed by atoms with Gasteiger partial charge in [0, 0.05) is 19.1 Å². The fraction of sp³-hybridized carbons (Fsp3) is 0.667. The van der Waals surface area contributed by atoms with E-state index in [2.05, 4.69) is 27.1 Å². The second kappa shape index (κ2) is 5.86. The fourth-order valence-electron chi connectivity index (χ4n) is 2.45. The summed E-state index contributed by atoms with van der Waals surface area (Å²) >= 11 is 0. The Morgan fingerprint density at radius 3 is 3.06 bits per heavy atom. The predicted molar refractivity (Wildman–Crippen MR) is 70.3 cm³/mol. The van der Waals surface area contributed by atoms with Crippen LogP contribution >= 0.6 is 0 Å². The number of hydrogen-bond acceptors (Lipinski definition) is 5. The molecule has 6 heteroatoms. The van der Waals surface area contributed by atoms with Crippen LogP contribution < -0.4 is 20.5 Å². The molecule has 18 heavy (non-hydrogen) atoms. The van der Waals surface area contributed by atoms with Crippen molar-refractivity contribution < 1.29 is 4.74 Å². The number of methoxy groups -OCH3 is 1. The Bertz CT molecular complexity index is 440. The molecule has 1 aliphatic heterocycles. The lowest BCUT2D eigenvalue weighted by molar-refractivity contribution is 0.394. The van der Waals surface area contributed by atoms with Crippen LogP contribution in [0.1, 0.15) is 19.8 Å². The molecule has 1 aromatic heterocycles. The van der Waals surface area contributed by atoms with Crippen LogP contribution in [0.2, 0.25) is 0 Å². The third-order valence-electron chi connectivity index (χ3n) is 3.32. The number of likely N-dealkylation sites (N-methyl/N-ethyl adjacent to an activating group) is 1. The van der Waals surface area contributed by atoms with Gasteiger partial charge in [0.25, 0.3) is 5.56 Å². The number of nitrogens with zero attached hydrogens (tertiary/aromatic N) is 2. The van der Waals surface area contributed by atoms with E-state index in [9.17, 15) is 4.79 Å². The second-order valence-corrected chi connectivity index (χ2v) is 4.37. The van der Waals surface area contributed by atoms with Crippen LogP contribution in [0.4, 0.5) is 5.82 Å². The highest BCUT2D eigenvalue weighted by Gasteiger charge is 2.24. The summed E-state index contributed by atoms with van der Waals surface area (Å²) in [6.45, 7) is 4.86. The van der Waals surface area contributed by atoms with Crippen molar-refractivity contribution in [3.05, 3.63) is 16.7 Å². The normalized spacial score (nSPS) is 19.6. The lowest BCUT2D eigenvalue weighted by Crippen LogP contribution is -2.46. The summed E-state index contributed by atoms with van der Waals surface area (Å²) < 4.78 is 5.18. The standard InChI is InChI=1S/C12H20N4O2/c1-3-16(9-5-4-6-13-7-9)11-10(18-2)12(17)15-8-14-11/h8-9,13H,3-7H2,1-2H3,(H,14,15,17). The van der Waals surface area contributed by atoms with Crippen LogP contribution in [-0.4, -0.2) is 42.8 Å². The molecule has 0 aromatic carbocycles. The summed E-state index contributed by atoms with van der Waals surface area (Å²) in [6.07, 6.45) is 3.68. The van der Waals surface area contributed by atoms with E-state index in [1.165, 1.54) is 13.4 Å². The molecule has 1 saturated heterocycles. The molecule has 1 atom stereocenters. The summed E-state index contributed by atoms with van der Waals surface area (Å²) in [6, 6.07) is 0.368. The van der Waals surface area contributed by atoms with E-state index >= 15 is 0 Å². The number of hydrogen-bond donors (Lipinski definition) is 2. The molecule has 0 saturated carbocycles. The monoisotopic (exact) mass is 252 g/mol. The van der Waals surface area contributed by atoms with Crippen molar-refractivity contribution in [3.63, 3.8) is 0 Å². The molecule has 1 aromatic rings. The highest BCUT2D eigenvalue weighted by molar-refractivity contribution is 5.51. The summed E-state index contributed by atoms with van der Waals surface area (Å²) in [4.78, 5) is 20.7. The summed E-state index contributed by atoms with van der Waals surface area (Å²) in [5.74, 6) is 0.933. The fourth-order valence-corrected chi connectivity index (χ4v) is 2.45. The van der Waals surface area contributed by atoms with Gasteiger partial charge in [0.05, 0.1) is 13.4 Å². The summed E-state index contributed by atoms with van der Waals surface area (Å²) in [7, 11) is 1.50. The highest BCUT2D eigenvalue weighted by Crippen LogP contribution is 2.24. The maximum absolute atomic E-state index is 11.7. The molecule has 2 rings (SSSR count). The van der Waals surface area contributed by atoms with Gasteiger partial charge in [0.15, 0.2) is 5.82 Å². The van der Waals surface area contributed by atoms with Crippen LogP contribution in [0.25, 0.3) is 0 Å². The van der Waals surface area contributed by atoms with Crippen molar-refractivity contribution >= 4 is 5.82 Å². The Morgan fingerprint density at radius 2 is 2.44 bits per heavy atom. The van der Waals surface area contributed by atoms with E-state index < -0.39 is 0 Å². The quantitative estimate of drug-likeness (QED) is 0.809. The van der Waals surface area contributed by atoms with Crippen LogP contribution in [0, 0.1) is 0 Å². The summed E-state index contributed by atoms with van der Waals surface area (Å²) in [5, 5.41) is 3.38. The molecule has 6 nitrogen and oxygen atoms in total. The largest absolute Gasteiger partial charge is 0.489 e. The van der Waals surface area contributed by atoms with Crippen molar-refractivity contribution in [2.24, 2.45) is 0 Å². The van der Waals surface area contributed by atoms with Crippen molar-refractivity contribution in [2.75, 3.05) is 31.6 Å². The van der Waals surface area contributed by atoms with Gasteiger partial charge in [-0.15, -0.1) is 0 Å². The van der Waals surface area contributed by atoms with Crippen LogP contribution in [0.3, 0.4) is 0 Å². The van der Waals surface area contributed by atoms with Crippen molar-refractivity contribution in [1.29, 1.82) is 0 Å². The Morgan fingerprint density at radius 1 is 1.61 bits per heavy atom. The first-order chi connectivity index (χ1) is 8.77. The number of rotatable bonds is 4. The SMILES string of the molecule is CCN(c1nc[nH]c(=O)c1OC)C1CCCNC1. The van der Waals surface area contributed by atoms with Crippen LogP contribution in [0.15, 0.2) is 11.1 Å². The first kappa shape index (κ1) is 12.9. The molecule has 0 bridgehead atoms. The maximum Gasteiger partial charge on any atom is 0.295 e. The van der Waals surface area contributed by atoms with Gasteiger partial charge < -0.3 is 19.9 Å². The molecule has 0 spiro atoms. The maximum atomic E-state index is 11.7. The Balaban J connectivity index is 2.31. The second-order valence-electron chi connectivity index (χ2n) is 4.37. The zero-order valence-electron chi connectivity index (χ0n) is 10.9. The van der Waals surface area contributed by atoms with E-state index in [0.29, 0.717) is 17.6 Å². The van der Waals surface area contributed by atoms with Gasteiger partial charge in [-0.25, -0.2) is 4.98 Å². The molecule has 2 N–H and O–H groups in total. The van der Waals surface area contributed by atoms with E-state index in [4.69, 9.17) is 4.74 Å². The molecule has 0 radical (unpaired) electrons. The molecular formula is C12H20N4O2. The zero-order chi connectivity index (χ0) is 13.0. The minimum atomic E-state index is -0.232. The van der Waals surface area contributed by atoms with Gasteiger partial charge >= 0.3 is 0 Å². The van der Waals surface area contributed by atoms with Gasteiger partial charge in [-0.1, -0.05) is 0 Å². The minimum absolute atomic E-state index is 0.232. The number of aromatic amines is 1. The lowest BCUT2D eigenvalue weighted by atomic mass is 10.1. The third-order valence-corrected chi connectivity index (χ3v) is 3.32. The summed E-state index contributed by atoms with van der Waals surface area (Å²) in [5.41, 5.74) is -0.232. The average Bonchev–Trinajstić information content (AvgIpc) is 2.41. The average molecular weight is 252 g/mol. The van der Waals surface area contributed by atoms with Crippen molar-refractivity contribution in [1.82, 2.24) is 15.3 Å². The number of piperidine rings is 1. The Kier molecular flexibility index (Phi) is 4.19. The third kappa shape index (κ3) is 2.48. The lowest BCUT2D eigenvalue weighted by Gasteiger charge is -2.35. The van der Waals surface area contributed by atoms with E-state index in [-0.39, 0.29) is 5.56 Å². The van der Waals surface area contributed by atoms with Gasteiger partial charge in [-0.05, 0) is 26.3 Å². The highest BCUT2D eigenvalue weighted by atomic mass is 16.5. The van der Waals surface area contributed by atoms with Crippen molar-refractivity contribution in [3.8, 4) is 5.75 Å². The topological polar surface area (TPSA) is 70.2 Å². The number of ether oxygens (including phenoxy) is 1. The van der Waals surface area contributed by atoms with Gasteiger partial charge in [-0.3, -0.25) is 4.79 Å². The van der Waals surface area contributed by atoms with Crippen LogP contribution in [-0.2, 0) is 0 Å². The molecule has 1 fully saturated rings. The Labute approximate surface area is 106 Å². The zero-order valence-corrected chi connectivity index (χ0v) is 10.9. The van der Waals surface area contributed by atoms with E-state index in [1.54, 1.807) is 0 Å². The molecule has 100 valence electrons. The first-order valence-electron chi connectivity index (χ1n) is 6.37. The van der Waals surface area contributed by atoms with Gasteiger partial charge in [0.1, 0.15) is 0 Å². The molecular weight excluding hydrogens is 232 g/mol. The number of H-pyrrole nitrogens is 1. The van der Waals surface area contributed by atoms with Crippen molar-refractivity contribution in [2.45, 2.75) is 25.8 Å². The Hall–Kier alpha value is -1.56. The molecule has 1 unspecified atom stereocenters. The minimum Gasteiger partial charge on any atom is -0.489 e. The van der Waals surface area contributed by atoms with Gasteiger partial charge in [-0.2, -0.15) is 0 Å². The molecule has 1 aliphatic rings. The van der Waals surface area contributed by atoms with Gasteiger partial charge in [0.2, 0.25) is 5.75 Å². The molecule has 0 amide bonds. The number of anilines is 1. The van der Waals surface area contributed by atoms with E-state index in [1.807, 2.05) is 0 Å². The van der Waals surface area contributed by atoms with Crippen LogP contribution in [0.5, 0.6) is 5.75 Å². The number of aromatic nitrogens is 2. The van der Waals surface area contributed by atoms with E-state index in [0.717, 1.165) is 32.5 Å². The molecule has 2 heterocycles. The number of nitrogens with one attached hydrogen (secondary N) is 2. The molecule has 0 aliphatic carbocycles. The smallest absolute Gasteiger partial charge is 0.295 e. The predicted octanol–water partition coefficient (Wildman–Crippen LogP) is 0.357. The first-order valence-corrected chi connectivity index (χ1v) is 6.37.